The van der Waals surface area contributed by atoms with Gasteiger partial charge in [-0.05, 0) is 36.4 Å². The minimum atomic E-state index is -0.720. The topological polar surface area (TPSA) is 103 Å². The molecule has 2 amide bonds. The molecule has 0 aliphatic carbocycles. The molecule has 0 unspecified atom stereocenters. The summed E-state index contributed by atoms with van der Waals surface area (Å²) in [5.41, 5.74) is 8.86. The molecule has 0 bridgehead atoms. The highest BCUT2D eigenvalue weighted by atomic mass is 19.1. The average Bonchev–Trinajstić information content (AvgIpc) is 3.20. The molecule has 4 N–H and O–H groups in total. The minimum absolute atomic E-state index is 0.0131. The fourth-order valence-electron chi connectivity index (χ4n) is 4.68. The number of benzene rings is 3. The number of rotatable bonds is 4. The van der Waals surface area contributed by atoms with E-state index in [1.54, 1.807) is 36.4 Å². The van der Waals surface area contributed by atoms with Gasteiger partial charge in [0.05, 0.1) is 11.9 Å². The van der Waals surface area contributed by atoms with E-state index in [2.05, 4.69) is 9.88 Å². The fourth-order valence-corrected chi connectivity index (χ4v) is 4.68. The van der Waals surface area contributed by atoms with Gasteiger partial charge in [-0.2, -0.15) is 0 Å². The Hall–Kier alpha value is -3.91. The van der Waals surface area contributed by atoms with Gasteiger partial charge in [-0.3, -0.25) is 9.59 Å². The van der Waals surface area contributed by atoms with Gasteiger partial charge in [-0.15, -0.1) is 0 Å². The van der Waals surface area contributed by atoms with Gasteiger partial charge in [0.2, 0.25) is 5.91 Å². The van der Waals surface area contributed by atoms with E-state index < -0.39 is 17.5 Å². The number of nitrogens with one attached hydrogen (secondary N) is 1. The molecule has 174 valence electrons. The second-order valence-electron chi connectivity index (χ2n) is 8.78. The number of phenols is 1. The van der Waals surface area contributed by atoms with Crippen LogP contribution in [0.25, 0.3) is 32.9 Å². The first kappa shape index (κ1) is 21.9. The number of hydrogen-bond donors (Lipinski definition) is 3. The highest BCUT2D eigenvalue weighted by molar-refractivity contribution is 6.16. The number of amides is 2. The van der Waals surface area contributed by atoms with Gasteiger partial charge in [0.15, 0.2) is 11.6 Å². The number of carbonyl (C=O) groups is 2. The van der Waals surface area contributed by atoms with Crippen molar-refractivity contribution in [2.75, 3.05) is 33.2 Å². The van der Waals surface area contributed by atoms with Crippen LogP contribution in [-0.4, -0.2) is 64.9 Å². The molecule has 0 radical (unpaired) electrons. The number of halogens is 1. The van der Waals surface area contributed by atoms with E-state index in [0.717, 1.165) is 18.5 Å². The normalized spacial score (nSPS) is 14.7. The third-order valence-electron chi connectivity index (χ3n) is 6.51. The van der Waals surface area contributed by atoms with Crippen LogP contribution in [0.1, 0.15) is 15.9 Å². The molecule has 1 aromatic heterocycles. The summed E-state index contributed by atoms with van der Waals surface area (Å²) in [7, 11) is 2.04. The molecule has 1 aliphatic heterocycles. The van der Waals surface area contributed by atoms with Crippen molar-refractivity contribution in [1.82, 2.24) is 14.8 Å². The molecule has 0 atom stereocenters. The van der Waals surface area contributed by atoms with Gasteiger partial charge in [0, 0.05) is 53.6 Å². The Morgan fingerprint density at radius 3 is 2.56 bits per heavy atom. The van der Waals surface area contributed by atoms with Gasteiger partial charge in [0.25, 0.3) is 5.91 Å². The minimum Gasteiger partial charge on any atom is -0.505 e. The fraction of sp³-hybridized carbons (Fsp3) is 0.231. The highest BCUT2D eigenvalue weighted by Gasteiger charge is 2.22. The first-order valence-corrected chi connectivity index (χ1v) is 11.1. The number of carbonyl (C=O) groups excluding carboxylic acids is 2. The van der Waals surface area contributed by atoms with Crippen LogP contribution in [0.4, 0.5) is 4.39 Å². The second-order valence-corrected chi connectivity index (χ2v) is 8.78. The van der Waals surface area contributed by atoms with Gasteiger partial charge in [-0.25, -0.2) is 4.39 Å². The molecule has 1 saturated heterocycles. The Morgan fingerprint density at radius 1 is 1.06 bits per heavy atom. The summed E-state index contributed by atoms with van der Waals surface area (Å²) >= 11 is 0. The van der Waals surface area contributed by atoms with Gasteiger partial charge < -0.3 is 25.6 Å². The molecule has 34 heavy (non-hydrogen) atoms. The lowest BCUT2D eigenvalue weighted by molar-refractivity contribution is -0.117. The summed E-state index contributed by atoms with van der Waals surface area (Å²) in [5, 5.41) is 11.4. The number of nitrogens with two attached hydrogens (primary N) is 1. The Bertz CT molecular complexity index is 1440. The number of nitrogens with zero attached hydrogens (tertiary/aromatic N) is 2. The number of aromatic nitrogens is 1. The second kappa shape index (κ2) is 8.46. The number of aromatic amines is 1. The van der Waals surface area contributed by atoms with Crippen LogP contribution in [0, 0.1) is 5.82 Å². The molecule has 0 saturated carbocycles. The average molecular weight is 461 g/mol. The Labute approximate surface area is 195 Å². The van der Waals surface area contributed by atoms with Crippen LogP contribution in [0.2, 0.25) is 0 Å². The quantitative estimate of drug-likeness (QED) is 0.435. The van der Waals surface area contributed by atoms with Crippen LogP contribution < -0.4 is 5.73 Å². The first-order chi connectivity index (χ1) is 16.3. The number of likely N-dealkylation sites (N-methyl/N-ethyl adjacent to an activating group) is 1. The molecular formula is C26H25FN4O3. The van der Waals surface area contributed by atoms with E-state index in [1.165, 1.54) is 6.07 Å². The molecular weight excluding hydrogens is 435 g/mol. The van der Waals surface area contributed by atoms with E-state index in [-0.39, 0.29) is 17.9 Å². The monoisotopic (exact) mass is 460 g/mol. The summed E-state index contributed by atoms with van der Waals surface area (Å²) in [4.78, 5) is 32.1. The maximum atomic E-state index is 14.8. The summed E-state index contributed by atoms with van der Waals surface area (Å²) in [6, 6.07) is 13.4. The zero-order valence-corrected chi connectivity index (χ0v) is 18.8. The zero-order valence-electron chi connectivity index (χ0n) is 18.8. The lowest BCUT2D eigenvalue weighted by Gasteiger charge is -2.32. The molecule has 1 fully saturated rings. The highest BCUT2D eigenvalue weighted by Crippen LogP contribution is 2.39. The van der Waals surface area contributed by atoms with Crippen LogP contribution in [0.5, 0.6) is 5.75 Å². The number of H-pyrrole nitrogens is 1. The summed E-state index contributed by atoms with van der Waals surface area (Å²) in [5.74, 6) is -1.68. The van der Waals surface area contributed by atoms with Crippen molar-refractivity contribution in [3.05, 3.63) is 65.5 Å². The largest absolute Gasteiger partial charge is 0.505 e. The number of piperazine rings is 1. The maximum absolute atomic E-state index is 14.8. The molecule has 0 spiro atoms. The van der Waals surface area contributed by atoms with Crippen LogP contribution in [0.15, 0.2) is 48.5 Å². The molecule has 2 heterocycles. The molecule has 1 aliphatic rings. The molecule has 8 heteroatoms. The Kier molecular flexibility index (Phi) is 5.45. The van der Waals surface area contributed by atoms with Crippen molar-refractivity contribution in [2.45, 2.75) is 6.42 Å². The molecule has 5 rings (SSSR count). The van der Waals surface area contributed by atoms with E-state index in [4.69, 9.17) is 5.73 Å². The number of aromatic hydroxyl groups is 1. The lowest BCUT2D eigenvalue weighted by Crippen LogP contribution is -2.47. The van der Waals surface area contributed by atoms with Crippen LogP contribution >= 0.6 is 0 Å². The maximum Gasteiger partial charge on any atom is 0.254 e. The van der Waals surface area contributed by atoms with Crippen LogP contribution in [-0.2, 0) is 11.2 Å². The predicted molar refractivity (Wildman–Crippen MR) is 129 cm³/mol. The van der Waals surface area contributed by atoms with Crippen molar-refractivity contribution in [3.63, 3.8) is 0 Å². The Morgan fingerprint density at radius 2 is 1.82 bits per heavy atom. The van der Waals surface area contributed by atoms with E-state index >= 15 is 0 Å². The van der Waals surface area contributed by atoms with Gasteiger partial charge in [0.1, 0.15) is 0 Å². The zero-order chi connectivity index (χ0) is 24.0. The van der Waals surface area contributed by atoms with Crippen LogP contribution in [0.3, 0.4) is 0 Å². The third-order valence-corrected chi connectivity index (χ3v) is 6.51. The number of primary amides is 1. The van der Waals surface area contributed by atoms with Crippen molar-refractivity contribution in [2.24, 2.45) is 5.73 Å². The SMILES string of the molecule is CN1CCN(C(=O)c2ccc3c(c2)[nH]c2c(CC(N)=O)ccc(-c4cccc(O)c4F)c23)CC1. The summed E-state index contributed by atoms with van der Waals surface area (Å²) < 4.78 is 14.8. The molecule has 3 aromatic carbocycles. The molecule has 4 aromatic rings. The lowest BCUT2D eigenvalue weighted by atomic mass is 9.95. The predicted octanol–water partition coefficient (Wildman–Crippen LogP) is 3.25. The van der Waals surface area contributed by atoms with Crippen molar-refractivity contribution < 1.29 is 19.1 Å². The summed E-state index contributed by atoms with van der Waals surface area (Å²) in [6.45, 7) is 3.00. The molecule has 7 nitrogen and oxygen atoms in total. The number of fused-ring (bicyclic) bond motifs is 3. The third kappa shape index (κ3) is 3.76. The van der Waals surface area contributed by atoms with E-state index in [1.807, 2.05) is 18.0 Å². The smallest absolute Gasteiger partial charge is 0.254 e. The van der Waals surface area contributed by atoms with E-state index in [9.17, 15) is 19.1 Å². The summed E-state index contributed by atoms with van der Waals surface area (Å²) in [6.07, 6.45) is 0.0131. The van der Waals surface area contributed by atoms with Crippen molar-refractivity contribution >= 4 is 33.6 Å². The first-order valence-electron chi connectivity index (χ1n) is 11.1. The number of hydrogen-bond acceptors (Lipinski definition) is 4. The van der Waals surface area contributed by atoms with Crippen molar-refractivity contribution in [3.8, 4) is 16.9 Å². The van der Waals surface area contributed by atoms with Gasteiger partial charge in [-0.1, -0.05) is 30.3 Å². The number of phenolic OH excluding ortho intramolecular Hbond substituents is 1. The Balaban J connectivity index is 1.68. The standard InChI is InChI=1S/C26H25FN4O3/c1-30-9-11-31(12-10-30)26(34)16-6-8-19-20(13-16)29-25-15(14-22(28)33)5-7-17(23(19)25)18-3-2-4-21(32)24(18)27/h2-8,13,29,32H,9-12,14H2,1H3,(H2,28,33). The van der Waals surface area contributed by atoms with Crippen molar-refractivity contribution in [1.29, 1.82) is 0 Å². The van der Waals surface area contributed by atoms with E-state index in [0.29, 0.717) is 46.2 Å². The van der Waals surface area contributed by atoms with Gasteiger partial charge >= 0.3 is 0 Å².